The van der Waals surface area contributed by atoms with Crippen molar-refractivity contribution in [1.29, 1.82) is 0 Å². The minimum Gasteiger partial charge on any atom is -0.0328 e. The molecule has 5 nitrogen and oxygen atoms in total. The van der Waals surface area contributed by atoms with Crippen molar-refractivity contribution < 1.29 is 17.1 Å². The molecule has 0 radical (unpaired) electrons. The van der Waals surface area contributed by atoms with E-state index in [4.69, 9.17) is 22.1 Å². The first-order valence-electron chi connectivity index (χ1n) is 22.0. The van der Waals surface area contributed by atoms with Crippen molar-refractivity contribution in [3.63, 3.8) is 0 Å². The van der Waals surface area contributed by atoms with Gasteiger partial charge in [-0.15, -0.1) is 0 Å². The van der Waals surface area contributed by atoms with Crippen molar-refractivity contribution in [3.05, 3.63) is 193 Å². The van der Waals surface area contributed by atoms with E-state index in [-0.39, 0.29) is 28.3 Å². The first-order chi connectivity index (χ1) is 30.1. The van der Waals surface area contributed by atoms with Gasteiger partial charge in [0.1, 0.15) is 0 Å². The van der Waals surface area contributed by atoms with Crippen LogP contribution in [0, 0.1) is 20.6 Å². The van der Waals surface area contributed by atoms with Gasteiger partial charge in [-0.2, -0.15) is 0 Å². The Morgan fingerprint density at radius 1 is 0.537 bits per heavy atom. The molecule has 5 aromatic carbocycles. The number of benzene rings is 5. The zero-order chi connectivity index (χ0) is 44.1. The van der Waals surface area contributed by atoms with E-state index in [0.29, 0.717) is 5.82 Å². The van der Waals surface area contributed by atoms with Crippen LogP contribution in [0.2, 0.25) is 0 Å². The van der Waals surface area contributed by atoms with Crippen LogP contribution in [0.5, 0.6) is 11.5 Å². The second-order valence-corrected chi connectivity index (χ2v) is 21.0. The number of hydrogen-bond donors (Lipinski definition) is 0. The minimum absolute atomic E-state index is 0.00639. The van der Waals surface area contributed by atoms with Crippen LogP contribution < -0.4 is 22.3 Å². The maximum absolute atomic E-state index is 8.39. The van der Waals surface area contributed by atoms with Gasteiger partial charge in [0.05, 0.1) is 0 Å². The summed E-state index contributed by atoms with van der Waals surface area (Å²) in [6.45, 7) is -8.28. The van der Waals surface area contributed by atoms with Gasteiger partial charge in [0.25, 0.3) is 0 Å². The summed E-state index contributed by atoms with van der Waals surface area (Å²) in [5.41, 5.74) is 0.355. The molecule has 0 N–H and O–H groups in total. The van der Waals surface area contributed by atoms with E-state index in [2.05, 4.69) is 99.5 Å². The molecule has 0 amide bonds. The third-order valence-electron chi connectivity index (χ3n) is 9.92. The number of aromatic nitrogens is 4. The second-order valence-electron chi connectivity index (χ2n) is 13.0. The SMILES string of the molecule is [2H]C([2H])([2H])c1ccnc(-c2cc(Oc3ccc4c5ccccc5n(-c5c[c]([Ge]([c]6ccccc6)([c]6ccccc6)[c]6ccccc6)ccn5)c4c3)c(C([2H])([2H])[2H])nc2C([2H])([2H])[2H])c1. The topological polar surface area (TPSA) is 52.8 Å². The van der Waals surface area contributed by atoms with Crippen LogP contribution in [0.25, 0.3) is 38.9 Å². The average Bonchev–Trinajstić information content (AvgIpc) is 3.60. The summed E-state index contributed by atoms with van der Waals surface area (Å²) in [5, 5.41) is 1.85. The average molecular weight is 769 g/mol. The Morgan fingerprint density at radius 2 is 1.19 bits per heavy atom. The number of aryl methyl sites for hydroxylation is 3. The van der Waals surface area contributed by atoms with E-state index >= 15 is 0 Å². The van der Waals surface area contributed by atoms with Crippen molar-refractivity contribution >= 4 is 52.7 Å². The van der Waals surface area contributed by atoms with E-state index in [0.717, 1.165) is 26.2 Å². The Kier molecular flexibility index (Phi) is 6.40. The maximum atomic E-state index is 8.39. The number of ether oxygens (including phenoxy) is 1. The van der Waals surface area contributed by atoms with Crippen molar-refractivity contribution in [2.45, 2.75) is 20.6 Å². The van der Waals surface area contributed by atoms with Gasteiger partial charge in [-0.1, -0.05) is 0 Å². The number of nitrogens with zero attached hydrogens (tertiary/aromatic N) is 4. The summed E-state index contributed by atoms with van der Waals surface area (Å²) < 4.78 is 87.3. The molecular weight excluding hydrogens is 721 g/mol. The van der Waals surface area contributed by atoms with E-state index < -0.39 is 45.2 Å². The molecule has 0 spiro atoms. The minimum atomic E-state index is -3.72. The molecule has 0 unspecified atom stereocenters. The van der Waals surface area contributed by atoms with Crippen molar-refractivity contribution in [2.24, 2.45) is 0 Å². The van der Waals surface area contributed by atoms with Crippen molar-refractivity contribution in [2.75, 3.05) is 0 Å². The summed E-state index contributed by atoms with van der Waals surface area (Å²) in [6.07, 6.45) is 3.12. The number of hydrogen-bond acceptors (Lipinski definition) is 4. The monoisotopic (exact) mass is 769 g/mol. The summed E-state index contributed by atoms with van der Waals surface area (Å²) in [5.74, 6) is 0.687. The molecule has 0 atom stereocenters. The quantitative estimate of drug-likeness (QED) is 0.145. The molecule has 0 saturated carbocycles. The molecule has 0 saturated heterocycles. The molecule has 9 rings (SSSR count). The first-order valence-corrected chi connectivity index (χ1v) is 21.7. The molecule has 0 bridgehead atoms. The predicted octanol–water partition coefficient (Wildman–Crippen LogP) is 8.73. The van der Waals surface area contributed by atoms with E-state index in [9.17, 15) is 0 Å². The van der Waals surface area contributed by atoms with Crippen LogP contribution in [-0.4, -0.2) is 32.8 Å². The van der Waals surface area contributed by atoms with Crippen molar-refractivity contribution in [1.82, 2.24) is 19.5 Å². The number of pyridine rings is 3. The molecule has 54 heavy (non-hydrogen) atoms. The Balaban J connectivity index is 1.25. The Hall–Kier alpha value is -6.31. The fourth-order valence-corrected chi connectivity index (χ4v) is 17.5. The van der Waals surface area contributed by atoms with Crippen LogP contribution in [0.4, 0.5) is 0 Å². The number of para-hydroxylation sites is 1. The van der Waals surface area contributed by atoms with Gasteiger partial charge in [-0.05, 0) is 31.4 Å². The van der Waals surface area contributed by atoms with Gasteiger partial charge in [-0.3, -0.25) is 4.98 Å². The van der Waals surface area contributed by atoms with Gasteiger partial charge < -0.3 is 0 Å². The molecule has 0 fully saturated rings. The number of rotatable bonds is 8. The molecule has 0 aliphatic rings. The van der Waals surface area contributed by atoms with Crippen LogP contribution in [-0.2, 0) is 0 Å². The van der Waals surface area contributed by atoms with Crippen LogP contribution in [0.15, 0.2) is 176 Å². The van der Waals surface area contributed by atoms with Gasteiger partial charge in [-0.25, -0.2) is 0 Å². The molecule has 0 aliphatic heterocycles. The third-order valence-corrected chi connectivity index (χ3v) is 19.9. The van der Waals surface area contributed by atoms with Crippen molar-refractivity contribution in [3.8, 4) is 28.6 Å². The first kappa shape index (κ1) is 24.8. The predicted molar refractivity (Wildman–Crippen MR) is 224 cm³/mol. The Bertz CT molecular complexity index is 3020. The molecule has 9 aromatic rings. The zero-order valence-corrected chi connectivity index (χ0v) is 31.0. The molecule has 6 heteroatoms. The standard InChI is InChI=1S/C48H38GeN4O/c1-33-25-27-50-44(29-33)43-32-47(35(3)52-34(43)2)54-40-23-24-42-41-21-13-14-22-45(41)53(46(42)31-40)48-30-39(26-28-51-48)49(36-15-7-4-8-16-36,37-17-9-5-10-18-37)38-19-11-6-12-20-38/h4-32H,1-3H3/i1D3,2D3,3D3. The van der Waals surface area contributed by atoms with Gasteiger partial charge >= 0.3 is 281 Å². The van der Waals surface area contributed by atoms with Crippen LogP contribution >= 0.6 is 0 Å². The molecular formula is C48H38GeN4O. The smallest absolute Gasteiger partial charge is 0.0328 e. The Morgan fingerprint density at radius 3 is 1.87 bits per heavy atom. The Labute approximate surface area is 330 Å². The summed E-state index contributed by atoms with van der Waals surface area (Å²) >= 11 is -3.72. The van der Waals surface area contributed by atoms with Crippen LogP contribution in [0.3, 0.4) is 0 Å². The second kappa shape index (κ2) is 13.9. The third kappa shape index (κ3) is 5.78. The summed E-state index contributed by atoms with van der Waals surface area (Å²) in [4.78, 5) is 13.5. The van der Waals surface area contributed by atoms with E-state index in [1.807, 2.05) is 54.7 Å². The van der Waals surface area contributed by atoms with E-state index in [1.54, 1.807) is 12.1 Å². The molecule has 4 heterocycles. The molecule has 260 valence electrons. The van der Waals surface area contributed by atoms with Gasteiger partial charge in [0.15, 0.2) is 0 Å². The summed E-state index contributed by atoms with van der Waals surface area (Å²) in [6, 6.07) is 53.6. The zero-order valence-electron chi connectivity index (χ0n) is 37.9. The fourth-order valence-electron chi connectivity index (χ4n) is 7.57. The fraction of sp³-hybridized carbons (Fsp3) is 0.0625. The van der Waals surface area contributed by atoms with Gasteiger partial charge in [0, 0.05) is 14.4 Å². The van der Waals surface area contributed by atoms with E-state index in [1.165, 1.54) is 37.6 Å². The van der Waals surface area contributed by atoms with Gasteiger partial charge in [0.2, 0.25) is 0 Å². The summed E-state index contributed by atoms with van der Waals surface area (Å²) in [7, 11) is 0. The molecule has 0 aliphatic carbocycles. The van der Waals surface area contributed by atoms with Crippen LogP contribution in [0.1, 0.15) is 29.3 Å². The number of fused-ring (bicyclic) bond motifs is 3. The normalized spacial score (nSPS) is 14.8. The molecule has 4 aromatic heterocycles.